The molecule has 2 nitrogen and oxygen atoms in total. The molecule has 1 N–H and O–H groups in total. The maximum atomic E-state index is 14.3. The molecule has 3 rings (SSSR count). The third kappa shape index (κ3) is 3.28. The van der Waals surface area contributed by atoms with Gasteiger partial charge in [0.15, 0.2) is 0 Å². The molecule has 0 saturated heterocycles. The lowest BCUT2D eigenvalue weighted by molar-refractivity contribution is 0.266. The molecule has 1 fully saturated rings. The fourth-order valence-corrected chi connectivity index (χ4v) is 3.66. The molecule has 1 heterocycles. The molecule has 0 bridgehead atoms. The quantitative estimate of drug-likeness (QED) is 0.863. The van der Waals surface area contributed by atoms with Crippen molar-refractivity contribution in [3.8, 4) is 0 Å². The van der Waals surface area contributed by atoms with Crippen molar-refractivity contribution in [2.24, 2.45) is 0 Å². The molecule has 21 heavy (non-hydrogen) atoms. The second kappa shape index (κ2) is 6.03. The van der Waals surface area contributed by atoms with E-state index >= 15 is 0 Å². The number of fused-ring (bicyclic) bond motifs is 1. The van der Waals surface area contributed by atoms with E-state index in [-0.39, 0.29) is 5.82 Å². The van der Waals surface area contributed by atoms with Crippen molar-refractivity contribution in [2.75, 3.05) is 7.05 Å². The molecule has 114 valence electrons. The zero-order valence-electron chi connectivity index (χ0n) is 12.9. The van der Waals surface area contributed by atoms with Gasteiger partial charge in [0.25, 0.3) is 0 Å². The number of rotatable bonds is 6. The molecule has 4 heteroatoms. The fourth-order valence-electron chi connectivity index (χ4n) is 2.48. The van der Waals surface area contributed by atoms with Crippen LogP contribution in [0, 0.1) is 5.82 Å². The molecular weight excluding hydrogens is 283 g/mol. The van der Waals surface area contributed by atoms with Gasteiger partial charge in [-0.1, -0.05) is 6.07 Å². The third-order valence-corrected chi connectivity index (χ3v) is 5.46. The number of halogens is 1. The molecule has 0 atom stereocenters. The van der Waals surface area contributed by atoms with Crippen LogP contribution in [0.3, 0.4) is 0 Å². The Bertz CT molecular complexity index is 631. The highest BCUT2D eigenvalue weighted by atomic mass is 32.1. The van der Waals surface area contributed by atoms with E-state index in [9.17, 15) is 4.39 Å². The first-order valence-corrected chi connectivity index (χ1v) is 8.50. The molecule has 0 spiro atoms. The number of hydrogen-bond donors (Lipinski definition) is 1. The number of thiophene rings is 1. The summed E-state index contributed by atoms with van der Waals surface area (Å²) in [5.74, 6) is -0.0893. The predicted octanol–water partition coefficient (Wildman–Crippen LogP) is 4.13. The highest BCUT2D eigenvalue weighted by Crippen LogP contribution is 2.34. The summed E-state index contributed by atoms with van der Waals surface area (Å²) in [5.41, 5.74) is 1.16. The topological polar surface area (TPSA) is 15.3 Å². The maximum Gasteiger partial charge on any atom is 0.132 e. The first-order valence-electron chi connectivity index (χ1n) is 7.68. The molecule has 0 unspecified atom stereocenters. The number of hydrogen-bond acceptors (Lipinski definition) is 3. The Hall–Kier alpha value is -0.970. The van der Waals surface area contributed by atoms with Gasteiger partial charge in [-0.2, -0.15) is 0 Å². The van der Waals surface area contributed by atoms with Crippen molar-refractivity contribution in [3.05, 3.63) is 34.5 Å². The highest BCUT2D eigenvalue weighted by Gasteiger charge is 2.23. The minimum absolute atomic E-state index is 0.0893. The van der Waals surface area contributed by atoms with Gasteiger partial charge in [0, 0.05) is 40.1 Å². The summed E-state index contributed by atoms with van der Waals surface area (Å²) in [6.45, 7) is 6.02. The molecule has 0 amide bonds. The van der Waals surface area contributed by atoms with Crippen molar-refractivity contribution in [2.45, 2.75) is 51.9 Å². The Labute approximate surface area is 130 Å². The smallest absolute Gasteiger partial charge is 0.132 e. The largest absolute Gasteiger partial charge is 0.309 e. The minimum Gasteiger partial charge on any atom is -0.309 e. The molecule has 1 aliphatic carbocycles. The second-order valence-corrected chi connectivity index (χ2v) is 7.42. The predicted molar refractivity (Wildman–Crippen MR) is 88.2 cm³/mol. The summed E-state index contributed by atoms with van der Waals surface area (Å²) < 4.78 is 15.4. The lowest BCUT2D eigenvalue weighted by Crippen LogP contribution is -2.26. The van der Waals surface area contributed by atoms with Crippen molar-refractivity contribution in [3.63, 3.8) is 0 Å². The minimum atomic E-state index is -0.0893. The van der Waals surface area contributed by atoms with Crippen LogP contribution in [0.4, 0.5) is 4.39 Å². The van der Waals surface area contributed by atoms with E-state index in [1.807, 2.05) is 12.1 Å². The standard InChI is InChI=1S/C17H23FN2S/c1-11(2)20(3)10-13-16(9-19-12-7-8-12)21-15-6-4-5-14(18)17(13)15/h4-6,11-12,19H,7-10H2,1-3H3. The van der Waals surface area contributed by atoms with Crippen LogP contribution in [-0.2, 0) is 13.1 Å². The summed E-state index contributed by atoms with van der Waals surface area (Å²) in [5, 5.41) is 4.39. The normalized spacial score (nSPS) is 15.5. The molecule has 1 aliphatic rings. The molecule has 2 aromatic rings. The second-order valence-electron chi connectivity index (χ2n) is 6.28. The Kier molecular flexibility index (Phi) is 4.29. The lowest BCUT2D eigenvalue weighted by Gasteiger charge is -2.21. The van der Waals surface area contributed by atoms with E-state index in [1.165, 1.54) is 17.7 Å². The van der Waals surface area contributed by atoms with Gasteiger partial charge in [-0.25, -0.2) is 4.39 Å². The number of nitrogens with zero attached hydrogens (tertiary/aromatic N) is 1. The van der Waals surface area contributed by atoms with Gasteiger partial charge in [-0.15, -0.1) is 11.3 Å². The van der Waals surface area contributed by atoms with Gasteiger partial charge in [-0.05, 0) is 51.4 Å². The van der Waals surface area contributed by atoms with Crippen LogP contribution < -0.4 is 5.32 Å². The molecule has 1 aromatic heterocycles. The van der Waals surface area contributed by atoms with Crippen LogP contribution in [0.5, 0.6) is 0 Å². The van der Waals surface area contributed by atoms with Gasteiger partial charge in [-0.3, -0.25) is 4.90 Å². The van der Waals surface area contributed by atoms with E-state index < -0.39 is 0 Å². The summed E-state index contributed by atoms with van der Waals surface area (Å²) in [7, 11) is 2.10. The van der Waals surface area contributed by atoms with Crippen molar-refractivity contribution in [1.82, 2.24) is 10.2 Å². The summed E-state index contributed by atoms with van der Waals surface area (Å²) in [4.78, 5) is 3.56. The summed E-state index contributed by atoms with van der Waals surface area (Å²) in [6.07, 6.45) is 2.56. The molecular formula is C17H23FN2S. The van der Waals surface area contributed by atoms with Crippen LogP contribution in [0.1, 0.15) is 37.1 Å². The van der Waals surface area contributed by atoms with Crippen LogP contribution in [-0.4, -0.2) is 24.0 Å². The highest BCUT2D eigenvalue weighted by molar-refractivity contribution is 7.19. The average Bonchev–Trinajstić information content (AvgIpc) is 3.20. The Morgan fingerprint density at radius 1 is 1.38 bits per heavy atom. The molecule has 1 aromatic carbocycles. The van der Waals surface area contributed by atoms with Crippen molar-refractivity contribution >= 4 is 21.4 Å². The van der Waals surface area contributed by atoms with E-state index in [4.69, 9.17) is 0 Å². The van der Waals surface area contributed by atoms with Crippen LogP contribution >= 0.6 is 11.3 Å². The molecule has 0 aliphatic heterocycles. The molecule has 0 radical (unpaired) electrons. The first-order chi connectivity index (χ1) is 10.1. The average molecular weight is 306 g/mol. The van der Waals surface area contributed by atoms with Gasteiger partial charge >= 0.3 is 0 Å². The van der Waals surface area contributed by atoms with E-state index in [2.05, 4.69) is 31.1 Å². The Morgan fingerprint density at radius 3 is 2.81 bits per heavy atom. The van der Waals surface area contributed by atoms with Gasteiger partial charge in [0.05, 0.1) is 0 Å². The Balaban J connectivity index is 1.96. The van der Waals surface area contributed by atoms with E-state index in [0.717, 1.165) is 28.7 Å². The van der Waals surface area contributed by atoms with E-state index in [1.54, 1.807) is 17.4 Å². The van der Waals surface area contributed by atoms with Crippen LogP contribution in [0.2, 0.25) is 0 Å². The SMILES string of the molecule is CC(C)N(C)Cc1c(CNC2CC2)sc2cccc(F)c12. The zero-order chi connectivity index (χ0) is 15.0. The number of nitrogens with one attached hydrogen (secondary N) is 1. The lowest BCUT2D eigenvalue weighted by atomic mass is 10.1. The van der Waals surface area contributed by atoms with Crippen molar-refractivity contribution in [1.29, 1.82) is 0 Å². The van der Waals surface area contributed by atoms with Gasteiger partial charge in [0.2, 0.25) is 0 Å². The summed E-state index contributed by atoms with van der Waals surface area (Å²) in [6, 6.07) is 6.54. The van der Waals surface area contributed by atoms with E-state index in [0.29, 0.717) is 12.1 Å². The number of benzene rings is 1. The molecule has 1 saturated carbocycles. The zero-order valence-corrected chi connectivity index (χ0v) is 13.8. The van der Waals surface area contributed by atoms with Crippen LogP contribution in [0.25, 0.3) is 10.1 Å². The fraction of sp³-hybridized carbons (Fsp3) is 0.529. The van der Waals surface area contributed by atoms with Crippen molar-refractivity contribution < 1.29 is 4.39 Å². The van der Waals surface area contributed by atoms with Gasteiger partial charge < -0.3 is 5.32 Å². The monoisotopic (exact) mass is 306 g/mol. The Morgan fingerprint density at radius 2 is 2.14 bits per heavy atom. The third-order valence-electron chi connectivity index (χ3n) is 4.26. The maximum absolute atomic E-state index is 14.3. The summed E-state index contributed by atoms with van der Waals surface area (Å²) >= 11 is 1.73. The van der Waals surface area contributed by atoms with Gasteiger partial charge in [0.1, 0.15) is 5.82 Å². The van der Waals surface area contributed by atoms with Crippen LogP contribution in [0.15, 0.2) is 18.2 Å². The first kappa shape index (κ1) is 14.9.